The lowest BCUT2D eigenvalue weighted by atomic mass is 9.84. The van der Waals surface area contributed by atoms with E-state index in [4.69, 9.17) is 26.1 Å². The summed E-state index contributed by atoms with van der Waals surface area (Å²) in [6.45, 7) is 1.29. The summed E-state index contributed by atoms with van der Waals surface area (Å²) >= 11 is 0. The van der Waals surface area contributed by atoms with E-state index in [9.17, 15) is 25.5 Å². The largest absolute Gasteiger partial charge is 0.391 e. The monoisotopic (exact) mass is 415 g/mol. The fourth-order valence-corrected chi connectivity index (χ4v) is 3.42. The molecular formula is C13H21N9O7. The second kappa shape index (κ2) is 9.91. The Morgan fingerprint density at radius 2 is 1.48 bits per heavy atom. The molecule has 1 aliphatic carbocycles. The maximum absolute atomic E-state index is 10.4. The SMILES string of the molecule is CC(O)C1O[C@H](O[C@@H]2C(N=[N+]=[N-])C[C@@H](N=[N+]=[N-])C(O)[C@H]2O)C(N=[N+]=[N-])[C@@H](O)[C@@H]1O. The lowest BCUT2D eigenvalue weighted by molar-refractivity contribution is -0.301. The van der Waals surface area contributed by atoms with Gasteiger partial charge in [-0.2, -0.15) is 0 Å². The molecule has 5 unspecified atom stereocenters. The summed E-state index contributed by atoms with van der Waals surface area (Å²) in [5, 5.41) is 60.9. The van der Waals surface area contributed by atoms with Crippen molar-refractivity contribution in [2.75, 3.05) is 0 Å². The van der Waals surface area contributed by atoms with Crippen LogP contribution in [0, 0.1) is 0 Å². The van der Waals surface area contributed by atoms with Crippen molar-refractivity contribution in [3.8, 4) is 0 Å². The van der Waals surface area contributed by atoms with Crippen LogP contribution in [0.5, 0.6) is 0 Å². The summed E-state index contributed by atoms with van der Waals surface area (Å²) in [5.41, 5.74) is 26.1. The van der Waals surface area contributed by atoms with Gasteiger partial charge in [-0.05, 0) is 29.9 Å². The van der Waals surface area contributed by atoms with Gasteiger partial charge in [0.05, 0.1) is 36.5 Å². The van der Waals surface area contributed by atoms with Crippen LogP contribution in [0.25, 0.3) is 31.3 Å². The molecule has 2 aliphatic rings. The van der Waals surface area contributed by atoms with Crippen molar-refractivity contribution in [2.45, 2.75) is 80.5 Å². The van der Waals surface area contributed by atoms with E-state index in [-0.39, 0.29) is 6.42 Å². The molecule has 2 rings (SSSR count). The van der Waals surface area contributed by atoms with Crippen LogP contribution in [0.2, 0.25) is 0 Å². The molecule has 1 saturated heterocycles. The van der Waals surface area contributed by atoms with Gasteiger partial charge in [-0.15, -0.1) is 0 Å². The average molecular weight is 415 g/mol. The minimum absolute atomic E-state index is 0.166. The third-order valence-electron chi connectivity index (χ3n) is 4.90. The van der Waals surface area contributed by atoms with Crippen molar-refractivity contribution >= 4 is 0 Å². The third-order valence-corrected chi connectivity index (χ3v) is 4.90. The molecular weight excluding hydrogens is 394 g/mol. The molecule has 0 aromatic heterocycles. The maximum atomic E-state index is 10.4. The molecule has 1 saturated carbocycles. The van der Waals surface area contributed by atoms with Crippen LogP contribution in [0.15, 0.2) is 15.3 Å². The topological polar surface area (TPSA) is 266 Å². The van der Waals surface area contributed by atoms with Crippen LogP contribution in [0.4, 0.5) is 0 Å². The summed E-state index contributed by atoms with van der Waals surface area (Å²) in [6.07, 6.45) is -12.2. The second-order valence-electron chi connectivity index (χ2n) is 6.75. The molecule has 2 fully saturated rings. The molecule has 16 nitrogen and oxygen atoms in total. The molecule has 0 bridgehead atoms. The molecule has 0 radical (unpaired) electrons. The first kappa shape index (κ1) is 22.9. The van der Waals surface area contributed by atoms with E-state index in [1.807, 2.05) is 0 Å². The van der Waals surface area contributed by atoms with Crippen LogP contribution in [-0.4, -0.2) is 92.7 Å². The Hall–Kier alpha value is -2.35. The van der Waals surface area contributed by atoms with E-state index in [1.165, 1.54) is 6.92 Å². The number of azide groups is 3. The number of aliphatic hydroxyl groups excluding tert-OH is 5. The standard InChI is InChI=1S/C13H21N9O7/c1-3(23)11-10(27)8(25)6(19-22-16)13(28-11)29-12-5(18-21-15)2-4(17-20-14)7(24)9(12)26/h3-13,23-27H,2H2,1H3/t3?,4-,5?,6?,7?,8-,9-,10+,11?,12-,13-/m1/s1. The van der Waals surface area contributed by atoms with E-state index in [2.05, 4.69) is 30.1 Å². The predicted octanol–water partition coefficient (Wildman–Crippen LogP) is -0.639. The van der Waals surface area contributed by atoms with Gasteiger partial charge in [0.25, 0.3) is 0 Å². The number of ether oxygens (including phenoxy) is 2. The van der Waals surface area contributed by atoms with Crippen LogP contribution in [0.1, 0.15) is 13.3 Å². The quantitative estimate of drug-likeness (QED) is 0.212. The third kappa shape index (κ3) is 4.80. The average Bonchev–Trinajstić information content (AvgIpc) is 2.68. The van der Waals surface area contributed by atoms with E-state index >= 15 is 0 Å². The Labute approximate surface area is 163 Å². The zero-order valence-electron chi connectivity index (χ0n) is 15.1. The van der Waals surface area contributed by atoms with Crippen molar-refractivity contribution in [2.24, 2.45) is 15.3 Å². The second-order valence-corrected chi connectivity index (χ2v) is 6.75. The molecule has 0 amide bonds. The van der Waals surface area contributed by atoms with Crippen LogP contribution < -0.4 is 0 Å². The van der Waals surface area contributed by atoms with Crippen molar-refractivity contribution in [1.29, 1.82) is 0 Å². The van der Waals surface area contributed by atoms with Gasteiger partial charge >= 0.3 is 0 Å². The summed E-state index contributed by atoms with van der Waals surface area (Å²) in [5.74, 6) is 0. The Morgan fingerprint density at radius 1 is 0.897 bits per heavy atom. The fourth-order valence-electron chi connectivity index (χ4n) is 3.42. The highest BCUT2D eigenvalue weighted by Crippen LogP contribution is 2.33. The lowest BCUT2D eigenvalue weighted by Crippen LogP contribution is -2.63. The van der Waals surface area contributed by atoms with Crippen molar-refractivity contribution in [1.82, 2.24) is 0 Å². The molecule has 16 heteroatoms. The maximum Gasteiger partial charge on any atom is 0.169 e. The summed E-state index contributed by atoms with van der Waals surface area (Å²) in [7, 11) is 0. The molecule has 0 aromatic rings. The normalized spacial score (nSPS) is 43.2. The molecule has 5 N–H and O–H groups in total. The highest BCUT2D eigenvalue weighted by Gasteiger charge is 2.50. The predicted molar refractivity (Wildman–Crippen MR) is 92.7 cm³/mol. The summed E-state index contributed by atoms with van der Waals surface area (Å²) in [4.78, 5) is 7.79. The summed E-state index contributed by atoms with van der Waals surface area (Å²) < 4.78 is 11.0. The minimum atomic E-state index is -1.70. The van der Waals surface area contributed by atoms with Gasteiger partial charge in [0.1, 0.15) is 24.4 Å². The Morgan fingerprint density at radius 3 is 2.03 bits per heavy atom. The van der Waals surface area contributed by atoms with E-state index in [0.717, 1.165) is 0 Å². The first-order chi connectivity index (χ1) is 13.8. The van der Waals surface area contributed by atoms with Crippen molar-refractivity contribution in [3.63, 3.8) is 0 Å². The smallest absolute Gasteiger partial charge is 0.169 e. The van der Waals surface area contributed by atoms with E-state index in [0.29, 0.717) is 0 Å². The molecule has 0 aromatic carbocycles. The van der Waals surface area contributed by atoms with Crippen molar-refractivity contribution in [3.05, 3.63) is 31.3 Å². The fraction of sp³-hybridized carbons (Fsp3) is 1.00. The van der Waals surface area contributed by atoms with Crippen LogP contribution in [0.3, 0.4) is 0 Å². The molecule has 1 heterocycles. The lowest BCUT2D eigenvalue weighted by Gasteiger charge is -2.46. The Bertz CT molecular complexity index is 721. The number of rotatable bonds is 6. The number of hydrogen-bond donors (Lipinski definition) is 5. The van der Waals surface area contributed by atoms with E-state index < -0.39 is 67.1 Å². The first-order valence-corrected chi connectivity index (χ1v) is 8.60. The van der Waals surface area contributed by atoms with Gasteiger partial charge < -0.3 is 35.0 Å². The van der Waals surface area contributed by atoms with Crippen LogP contribution in [-0.2, 0) is 9.47 Å². The first-order valence-electron chi connectivity index (χ1n) is 8.60. The Kier molecular flexibility index (Phi) is 7.84. The zero-order chi connectivity index (χ0) is 21.7. The van der Waals surface area contributed by atoms with Crippen molar-refractivity contribution < 1.29 is 35.0 Å². The number of nitrogens with zero attached hydrogens (tertiary/aromatic N) is 9. The number of hydrogen-bond acceptors (Lipinski definition) is 10. The molecule has 29 heavy (non-hydrogen) atoms. The van der Waals surface area contributed by atoms with Gasteiger partial charge in [0, 0.05) is 14.7 Å². The van der Waals surface area contributed by atoms with Gasteiger partial charge in [-0.3, -0.25) is 0 Å². The van der Waals surface area contributed by atoms with Gasteiger partial charge in [-0.1, -0.05) is 15.3 Å². The van der Waals surface area contributed by atoms with Crippen LogP contribution >= 0.6 is 0 Å². The van der Waals surface area contributed by atoms with Gasteiger partial charge in [-0.25, -0.2) is 0 Å². The van der Waals surface area contributed by atoms with Gasteiger partial charge in [0.2, 0.25) is 0 Å². The number of aliphatic hydroxyl groups is 5. The highest BCUT2D eigenvalue weighted by molar-refractivity contribution is 5.02. The highest BCUT2D eigenvalue weighted by atomic mass is 16.7. The molecule has 1 aliphatic heterocycles. The zero-order valence-corrected chi connectivity index (χ0v) is 15.1. The minimum Gasteiger partial charge on any atom is -0.391 e. The molecule has 160 valence electrons. The van der Waals surface area contributed by atoms with Gasteiger partial charge in [0.15, 0.2) is 6.29 Å². The Balaban J connectivity index is 2.34. The van der Waals surface area contributed by atoms with E-state index in [1.54, 1.807) is 0 Å². The molecule has 0 spiro atoms. The summed E-state index contributed by atoms with van der Waals surface area (Å²) in [6, 6.07) is -3.68. The molecule has 11 atom stereocenters.